The number of nitrogens with one attached hydrogen (secondary N) is 2. The minimum atomic E-state index is -0.920. The van der Waals surface area contributed by atoms with E-state index in [-0.39, 0.29) is 24.8 Å². The molecular formula is C11H16N2O4. The van der Waals surface area contributed by atoms with E-state index in [0.29, 0.717) is 12.5 Å². The maximum Gasteiger partial charge on any atom is 0.307 e. The summed E-state index contributed by atoms with van der Waals surface area (Å²) in [6, 6.07) is 0.332. The average Bonchev–Trinajstić information content (AvgIpc) is 3.11. The zero-order chi connectivity index (χ0) is 12.4. The van der Waals surface area contributed by atoms with Crippen molar-refractivity contribution in [3.8, 4) is 0 Å². The predicted molar refractivity (Wildman–Crippen MR) is 58.0 cm³/mol. The van der Waals surface area contributed by atoms with Gasteiger partial charge in [0, 0.05) is 19.0 Å². The average molecular weight is 240 g/mol. The van der Waals surface area contributed by atoms with E-state index in [1.807, 2.05) is 0 Å². The molecule has 2 aliphatic carbocycles. The minimum Gasteiger partial charge on any atom is -0.481 e. The Kier molecular flexibility index (Phi) is 3.31. The van der Waals surface area contributed by atoms with E-state index in [1.54, 1.807) is 0 Å². The van der Waals surface area contributed by atoms with Gasteiger partial charge in [0.05, 0.1) is 11.8 Å². The molecule has 2 saturated carbocycles. The van der Waals surface area contributed by atoms with Crippen LogP contribution in [-0.2, 0) is 14.4 Å². The quantitative estimate of drug-likeness (QED) is 0.582. The van der Waals surface area contributed by atoms with Gasteiger partial charge in [-0.15, -0.1) is 0 Å². The SMILES string of the molecule is O=C(CCNC(=O)[C@@H]1C[C@@H]1C(=O)O)NC1CC1. The minimum absolute atomic E-state index is 0.0571. The third-order valence-corrected chi connectivity index (χ3v) is 3.04. The van der Waals surface area contributed by atoms with Crippen LogP contribution in [0.2, 0.25) is 0 Å². The number of hydrogen-bond donors (Lipinski definition) is 3. The second-order valence-corrected chi connectivity index (χ2v) is 4.67. The van der Waals surface area contributed by atoms with E-state index in [9.17, 15) is 14.4 Å². The normalized spacial score (nSPS) is 26.1. The van der Waals surface area contributed by atoms with Gasteiger partial charge in [0.2, 0.25) is 11.8 Å². The number of carbonyl (C=O) groups is 3. The number of aliphatic carboxylic acids is 1. The molecule has 2 amide bonds. The summed E-state index contributed by atoms with van der Waals surface area (Å²) in [6.45, 7) is 0.278. The van der Waals surface area contributed by atoms with Crippen molar-refractivity contribution in [2.45, 2.75) is 31.7 Å². The highest BCUT2D eigenvalue weighted by molar-refractivity contribution is 5.89. The van der Waals surface area contributed by atoms with Crippen LogP contribution in [0.3, 0.4) is 0 Å². The van der Waals surface area contributed by atoms with Crippen LogP contribution >= 0.6 is 0 Å². The lowest BCUT2D eigenvalue weighted by atomic mass is 10.3. The van der Waals surface area contributed by atoms with Crippen molar-refractivity contribution in [3.63, 3.8) is 0 Å². The highest BCUT2D eigenvalue weighted by Crippen LogP contribution is 2.38. The van der Waals surface area contributed by atoms with Crippen molar-refractivity contribution in [1.29, 1.82) is 0 Å². The van der Waals surface area contributed by atoms with Gasteiger partial charge in [0.15, 0.2) is 0 Å². The van der Waals surface area contributed by atoms with Gasteiger partial charge in [-0.1, -0.05) is 0 Å². The van der Waals surface area contributed by atoms with Crippen LogP contribution in [0, 0.1) is 11.8 Å². The molecule has 6 heteroatoms. The monoisotopic (exact) mass is 240 g/mol. The van der Waals surface area contributed by atoms with Gasteiger partial charge in [0.1, 0.15) is 0 Å². The summed E-state index contributed by atoms with van der Waals surface area (Å²) >= 11 is 0. The molecule has 0 radical (unpaired) electrons. The molecule has 0 aromatic rings. The van der Waals surface area contributed by atoms with Crippen LogP contribution < -0.4 is 10.6 Å². The first-order chi connectivity index (χ1) is 8.08. The molecule has 0 heterocycles. The lowest BCUT2D eigenvalue weighted by molar-refractivity contribution is -0.140. The largest absolute Gasteiger partial charge is 0.481 e. The lowest BCUT2D eigenvalue weighted by Gasteiger charge is -2.05. The Bertz CT molecular complexity index is 351. The van der Waals surface area contributed by atoms with Crippen molar-refractivity contribution in [1.82, 2.24) is 10.6 Å². The van der Waals surface area contributed by atoms with Crippen LogP contribution in [0.5, 0.6) is 0 Å². The molecule has 17 heavy (non-hydrogen) atoms. The Morgan fingerprint density at radius 3 is 2.41 bits per heavy atom. The van der Waals surface area contributed by atoms with Gasteiger partial charge in [-0.05, 0) is 19.3 Å². The van der Waals surface area contributed by atoms with E-state index >= 15 is 0 Å². The molecule has 2 aliphatic rings. The fraction of sp³-hybridized carbons (Fsp3) is 0.727. The number of carboxylic acid groups (broad SMARTS) is 1. The number of amides is 2. The van der Waals surface area contributed by atoms with Gasteiger partial charge in [-0.25, -0.2) is 0 Å². The second-order valence-electron chi connectivity index (χ2n) is 4.67. The standard InChI is InChI=1S/C11H16N2O4/c14-9(13-6-1-2-6)3-4-12-10(15)7-5-8(7)11(16)17/h6-8H,1-5H2,(H,12,15)(H,13,14)(H,16,17)/t7-,8+/m1/s1. The van der Waals surface area contributed by atoms with Crippen molar-refractivity contribution in [3.05, 3.63) is 0 Å². The van der Waals surface area contributed by atoms with E-state index in [0.717, 1.165) is 12.8 Å². The molecule has 94 valence electrons. The van der Waals surface area contributed by atoms with E-state index in [1.165, 1.54) is 0 Å². The number of carboxylic acids is 1. The third-order valence-electron chi connectivity index (χ3n) is 3.04. The molecule has 0 spiro atoms. The second kappa shape index (κ2) is 4.73. The van der Waals surface area contributed by atoms with Crippen molar-refractivity contribution in [2.24, 2.45) is 11.8 Å². The van der Waals surface area contributed by atoms with Crippen molar-refractivity contribution < 1.29 is 19.5 Å². The first kappa shape index (κ1) is 11.9. The lowest BCUT2D eigenvalue weighted by Crippen LogP contribution is -2.32. The molecular weight excluding hydrogens is 224 g/mol. The van der Waals surface area contributed by atoms with Crippen molar-refractivity contribution in [2.75, 3.05) is 6.54 Å². The Balaban J connectivity index is 1.57. The predicted octanol–water partition coefficient (Wildman–Crippen LogP) is -0.508. The first-order valence-electron chi connectivity index (χ1n) is 5.88. The molecule has 0 bridgehead atoms. The van der Waals surface area contributed by atoms with Gasteiger partial charge in [-0.3, -0.25) is 14.4 Å². The summed E-state index contributed by atoms with van der Waals surface area (Å²) in [6.07, 6.45) is 2.75. The molecule has 3 N–H and O–H groups in total. The van der Waals surface area contributed by atoms with Gasteiger partial charge in [-0.2, -0.15) is 0 Å². The molecule has 0 aromatic heterocycles. The van der Waals surface area contributed by atoms with Gasteiger partial charge < -0.3 is 15.7 Å². The highest BCUT2D eigenvalue weighted by Gasteiger charge is 2.48. The molecule has 2 rings (SSSR count). The molecule has 0 saturated heterocycles. The zero-order valence-corrected chi connectivity index (χ0v) is 9.44. The molecule has 0 unspecified atom stereocenters. The summed E-state index contributed by atoms with van der Waals surface area (Å²) in [7, 11) is 0. The fourth-order valence-electron chi connectivity index (χ4n) is 1.72. The van der Waals surface area contributed by atoms with E-state index in [2.05, 4.69) is 10.6 Å². The summed E-state index contributed by atoms with van der Waals surface area (Å²) in [4.78, 5) is 33.2. The Morgan fingerprint density at radius 2 is 1.88 bits per heavy atom. The van der Waals surface area contributed by atoms with E-state index < -0.39 is 17.8 Å². The molecule has 0 aromatic carbocycles. The molecule has 0 aliphatic heterocycles. The van der Waals surface area contributed by atoms with Crippen LogP contribution in [-0.4, -0.2) is 35.5 Å². The zero-order valence-electron chi connectivity index (χ0n) is 9.44. The summed E-state index contributed by atoms with van der Waals surface area (Å²) < 4.78 is 0. The van der Waals surface area contributed by atoms with Crippen LogP contribution in [0.4, 0.5) is 0 Å². The van der Waals surface area contributed by atoms with Crippen LogP contribution in [0.25, 0.3) is 0 Å². The number of carbonyl (C=O) groups excluding carboxylic acids is 2. The highest BCUT2D eigenvalue weighted by atomic mass is 16.4. The molecule has 2 atom stereocenters. The smallest absolute Gasteiger partial charge is 0.307 e. The fourth-order valence-corrected chi connectivity index (χ4v) is 1.72. The van der Waals surface area contributed by atoms with Crippen LogP contribution in [0.15, 0.2) is 0 Å². The summed E-state index contributed by atoms with van der Waals surface area (Å²) in [5.74, 6) is -2.17. The van der Waals surface area contributed by atoms with Crippen molar-refractivity contribution >= 4 is 17.8 Å². The Labute approximate surface area is 98.8 Å². The van der Waals surface area contributed by atoms with Crippen LogP contribution in [0.1, 0.15) is 25.7 Å². The number of hydrogen-bond acceptors (Lipinski definition) is 3. The maximum absolute atomic E-state index is 11.4. The third kappa shape index (κ3) is 3.44. The molecule has 6 nitrogen and oxygen atoms in total. The Morgan fingerprint density at radius 1 is 1.18 bits per heavy atom. The molecule has 2 fully saturated rings. The van der Waals surface area contributed by atoms with Gasteiger partial charge in [0.25, 0.3) is 0 Å². The Hall–Kier alpha value is -1.59. The number of rotatable bonds is 6. The first-order valence-corrected chi connectivity index (χ1v) is 5.88. The summed E-state index contributed by atoms with van der Waals surface area (Å²) in [5.41, 5.74) is 0. The summed E-state index contributed by atoms with van der Waals surface area (Å²) in [5, 5.41) is 14.1. The maximum atomic E-state index is 11.4. The van der Waals surface area contributed by atoms with E-state index in [4.69, 9.17) is 5.11 Å². The topological polar surface area (TPSA) is 95.5 Å². The van der Waals surface area contributed by atoms with Gasteiger partial charge >= 0.3 is 5.97 Å².